The van der Waals surface area contributed by atoms with Gasteiger partial charge in [0, 0.05) is 12.3 Å². The average molecular weight is 320 g/mol. The highest BCUT2D eigenvalue weighted by Gasteiger charge is 2.45. The lowest BCUT2D eigenvalue weighted by molar-refractivity contribution is 0.891. The van der Waals surface area contributed by atoms with Crippen LogP contribution in [0.2, 0.25) is 0 Å². The van der Waals surface area contributed by atoms with Crippen molar-refractivity contribution in [1.82, 2.24) is 4.98 Å². The molecular weight excluding hydrogens is 297 g/mol. The second-order valence-corrected chi connectivity index (χ2v) is 9.30. The van der Waals surface area contributed by atoms with Crippen molar-refractivity contribution >= 4 is 23.3 Å². The van der Waals surface area contributed by atoms with Crippen LogP contribution in [0.3, 0.4) is 0 Å². The van der Waals surface area contributed by atoms with Gasteiger partial charge in [0.05, 0.1) is 6.16 Å². The van der Waals surface area contributed by atoms with Gasteiger partial charge in [0.15, 0.2) is 5.44 Å². The SMILES string of the molecule is CCCC[P+](c1ccccc1)(c1ccccc1)c1ccccn1. The summed E-state index contributed by atoms with van der Waals surface area (Å²) in [4.78, 5) is 4.81. The molecule has 0 saturated heterocycles. The van der Waals surface area contributed by atoms with E-state index in [-0.39, 0.29) is 0 Å². The van der Waals surface area contributed by atoms with E-state index in [1.165, 1.54) is 35.0 Å². The minimum absolute atomic E-state index is 1.18. The predicted octanol–water partition coefficient (Wildman–Crippen LogP) is 4.18. The summed E-state index contributed by atoms with van der Waals surface area (Å²) >= 11 is 0. The Kier molecular flexibility index (Phi) is 5.20. The van der Waals surface area contributed by atoms with Gasteiger partial charge in [0.2, 0.25) is 0 Å². The lowest BCUT2D eigenvalue weighted by Gasteiger charge is -2.26. The summed E-state index contributed by atoms with van der Waals surface area (Å²) in [6, 6.07) is 28.3. The van der Waals surface area contributed by atoms with Crippen LogP contribution in [0.1, 0.15) is 19.8 Å². The first-order valence-corrected chi connectivity index (χ1v) is 10.3. The Morgan fingerprint density at radius 2 is 1.30 bits per heavy atom. The molecule has 0 amide bonds. The Bertz CT molecular complexity index is 614. The van der Waals surface area contributed by atoms with Crippen molar-refractivity contribution in [3.05, 3.63) is 85.1 Å². The summed E-state index contributed by atoms with van der Waals surface area (Å²) in [7, 11) is -1.68. The topological polar surface area (TPSA) is 12.9 Å². The van der Waals surface area contributed by atoms with Crippen LogP contribution < -0.4 is 16.0 Å². The summed E-state index contributed by atoms with van der Waals surface area (Å²) in [6.07, 6.45) is 5.53. The molecule has 116 valence electrons. The van der Waals surface area contributed by atoms with Crippen molar-refractivity contribution in [2.75, 3.05) is 6.16 Å². The maximum atomic E-state index is 4.81. The van der Waals surface area contributed by atoms with Crippen molar-refractivity contribution in [1.29, 1.82) is 0 Å². The minimum Gasteiger partial charge on any atom is -0.222 e. The molecular formula is C21H23NP+. The highest BCUT2D eigenvalue weighted by atomic mass is 31.2. The van der Waals surface area contributed by atoms with E-state index in [2.05, 4.69) is 79.7 Å². The van der Waals surface area contributed by atoms with Crippen LogP contribution in [0.25, 0.3) is 0 Å². The van der Waals surface area contributed by atoms with Crippen LogP contribution in [0.4, 0.5) is 0 Å². The van der Waals surface area contributed by atoms with Crippen LogP contribution in [0.5, 0.6) is 0 Å². The molecule has 0 atom stereocenters. The summed E-state index contributed by atoms with van der Waals surface area (Å²) in [6.45, 7) is 2.27. The number of unbranched alkanes of at least 4 members (excludes halogenated alkanes) is 1. The van der Waals surface area contributed by atoms with E-state index in [0.717, 1.165) is 0 Å². The number of rotatable bonds is 6. The molecule has 3 aromatic rings. The van der Waals surface area contributed by atoms with E-state index in [4.69, 9.17) is 4.98 Å². The molecule has 0 N–H and O–H groups in total. The largest absolute Gasteiger partial charge is 0.222 e. The monoisotopic (exact) mass is 320 g/mol. The Hall–Kier alpha value is -1.98. The molecule has 0 fully saturated rings. The zero-order valence-electron chi connectivity index (χ0n) is 13.6. The fourth-order valence-electron chi connectivity index (χ4n) is 3.13. The molecule has 0 aliphatic carbocycles. The van der Waals surface area contributed by atoms with Crippen LogP contribution in [0, 0.1) is 0 Å². The minimum atomic E-state index is -1.68. The van der Waals surface area contributed by atoms with Crippen molar-refractivity contribution < 1.29 is 0 Å². The van der Waals surface area contributed by atoms with Crippen molar-refractivity contribution in [3.8, 4) is 0 Å². The Balaban J connectivity index is 2.25. The highest BCUT2D eigenvalue weighted by Crippen LogP contribution is 2.55. The van der Waals surface area contributed by atoms with E-state index in [0.29, 0.717) is 0 Å². The van der Waals surface area contributed by atoms with Crippen LogP contribution in [0.15, 0.2) is 85.1 Å². The summed E-state index contributed by atoms with van der Waals surface area (Å²) in [5.41, 5.74) is 1.24. The Morgan fingerprint density at radius 3 is 1.78 bits per heavy atom. The lowest BCUT2D eigenvalue weighted by Crippen LogP contribution is -2.34. The van der Waals surface area contributed by atoms with Crippen LogP contribution in [-0.4, -0.2) is 11.1 Å². The normalized spacial score (nSPS) is 11.3. The van der Waals surface area contributed by atoms with Gasteiger partial charge in [-0.1, -0.05) is 55.8 Å². The fourth-order valence-corrected chi connectivity index (χ4v) is 7.46. The quantitative estimate of drug-likeness (QED) is 0.621. The molecule has 1 aromatic heterocycles. The van der Waals surface area contributed by atoms with Gasteiger partial charge >= 0.3 is 0 Å². The lowest BCUT2D eigenvalue weighted by atomic mass is 10.4. The molecule has 0 aliphatic rings. The average Bonchev–Trinajstić information content (AvgIpc) is 2.65. The van der Waals surface area contributed by atoms with Crippen molar-refractivity contribution in [2.45, 2.75) is 19.8 Å². The zero-order valence-corrected chi connectivity index (χ0v) is 14.5. The molecule has 2 aromatic carbocycles. The van der Waals surface area contributed by atoms with Gasteiger partial charge in [-0.05, 0) is 36.8 Å². The predicted molar refractivity (Wildman–Crippen MR) is 103 cm³/mol. The third kappa shape index (κ3) is 3.21. The number of hydrogen-bond acceptors (Lipinski definition) is 1. The molecule has 1 heterocycles. The fraction of sp³-hybridized carbons (Fsp3) is 0.190. The van der Waals surface area contributed by atoms with Crippen LogP contribution in [-0.2, 0) is 0 Å². The van der Waals surface area contributed by atoms with E-state index in [1.54, 1.807) is 0 Å². The molecule has 23 heavy (non-hydrogen) atoms. The van der Waals surface area contributed by atoms with E-state index in [9.17, 15) is 0 Å². The van der Waals surface area contributed by atoms with E-state index in [1.807, 2.05) is 12.3 Å². The maximum Gasteiger partial charge on any atom is 0.192 e. The van der Waals surface area contributed by atoms with Gasteiger partial charge in [-0.3, -0.25) is 0 Å². The second-order valence-electron chi connectivity index (χ2n) is 5.75. The standard InChI is InChI=1S/C21H23NP/c1-2-3-18-23(19-12-6-4-7-13-19,20-14-8-5-9-15-20)21-16-10-11-17-22-21/h4-17H,2-3,18H2,1H3/q+1. The number of aromatic nitrogens is 1. The van der Waals surface area contributed by atoms with Gasteiger partial charge in [-0.25, -0.2) is 4.98 Å². The van der Waals surface area contributed by atoms with Gasteiger partial charge in [0.1, 0.15) is 17.9 Å². The van der Waals surface area contributed by atoms with Crippen molar-refractivity contribution in [2.24, 2.45) is 0 Å². The molecule has 0 spiro atoms. The molecule has 2 heteroatoms. The third-order valence-electron chi connectivity index (χ3n) is 4.28. The van der Waals surface area contributed by atoms with Gasteiger partial charge in [0.25, 0.3) is 0 Å². The molecule has 0 bridgehead atoms. The molecule has 0 radical (unpaired) electrons. The van der Waals surface area contributed by atoms with Gasteiger partial charge < -0.3 is 0 Å². The zero-order chi connectivity index (χ0) is 16.0. The van der Waals surface area contributed by atoms with Crippen molar-refractivity contribution in [3.63, 3.8) is 0 Å². The number of benzene rings is 2. The molecule has 0 saturated carbocycles. The molecule has 0 unspecified atom stereocenters. The summed E-state index contributed by atoms with van der Waals surface area (Å²) in [5.74, 6) is 0. The number of pyridine rings is 1. The summed E-state index contributed by atoms with van der Waals surface area (Å²) in [5, 5.41) is 2.86. The number of nitrogens with zero attached hydrogens (tertiary/aromatic N) is 1. The van der Waals surface area contributed by atoms with E-state index < -0.39 is 7.26 Å². The first kappa shape index (κ1) is 15.9. The second kappa shape index (κ2) is 7.53. The molecule has 0 aliphatic heterocycles. The van der Waals surface area contributed by atoms with Gasteiger partial charge in [-0.15, -0.1) is 0 Å². The molecule has 3 rings (SSSR count). The van der Waals surface area contributed by atoms with E-state index >= 15 is 0 Å². The first-order valence-electron chi connectivity index (χ1n) is 8.29. The summed E-state index contributed by atoms with van der Waals surface area (Å²) < 4.78 is 0. The van der Waals surface area contributed by atoms with Crippen LogP contribution >= 0.6 is 7.26 Å². The highest BCUT2D eigenvalue weighted by molar-refractivity contribution is 7.95. The Morgan fingerprint density at radius 1 is 0.739 bits per heavy atom. The smallest absolute Gasteiger partial charge is 0.192 e. The van der Waals surface area contributed by atoms with Gasteiger partial charge in [-0.2, -0.15) is 0 Å². The third-order valence-corrected chi connectivity index (χ3v) is 8.67. The Labute approximate surface area is 139 Å². The molecule has 1 nitrogen and oxygen atoms in total. The first-order chi connectivity index (χ1) is 11.4. The number of hydrogen-bond donors (Lipinski definition) is 0. The maximum absolute atomic E-state index is 4.81.